The second-order valence-corrected chi connectivity index (χ2v) is 7.63. The van der Waals surface area contributed by atoms with Crippen molar-refractivity contribution in [2.75, 3.05) is 0 Å². The van der Waals surface area contributed by atoms with Gasteiger partial charge in [-0.25, -0.2) is 0 Å². The molecule has 19 heteroatoms. The zero-order chi connectivity index (χ0) is 20.1. The molecule has 0 bridgehead atoms. The number of hydrogen-bond acceptors (Lipinski definition) is 11. The van der Waals surface area contributed by atoms with Gasteiger partial charge in [0.2, 0.25) is 0 Å². The number of fused-ring (bicyclic) bond motifs is 1. The van der Waals surface area contributed by atoms with E-state index in [0.717, 1.165) is 10.9 Å². The first kappa shape index (κ1) is 43.4. The van der Waals surface area contributed by atoms with Crippen LogP contribution in [0.2, 0.25) is 0 Å². The van der Waals surface area contributed by atoms with E-state index in [4.69, 9.17) is 5.11 Å². The minimum Gasteiger partial charge on any atom is -0.781 e. The van der Waals surface area contributed by atoms with Crippen molar-refractivity contribution < 1.29 is 170 Å². The van der Waals surface area contributed by atoms with Gasteiger partial charge >= 0.3 is 118 Å². The zero-order valence-electron chi connectivity index (χ0n) is 16.8. The van der Waals surface area contributed by atoms with Gasteiger partial charge in [-0.3, -0.25) is 8.62 Å². The van der Waals surface area contributed by atoms with E-state index in [2.05, 4.69) is 20.8 Å². The van der Waals surface area contributed by atoms with E-state index in [1.54, 1.807) is 0 Å². The van der Waals surface area contributed by atoms with Crippen LogP contribution in [0.4, 0.5) is 0 Å². The van der Waals surface area contributed by atoms with E-state index in [1.165, 1.54) is 5.39 Å². The van der Waals surface area contributed by atoms with Gasteiger partial charge in [0, 0.05) is 0 Å². The average Bonchev–Trinajstić information content (AvgIpc) is 2.53. The molecule has 4 atom stereocenters. The molecule has 0 radical (unpaired) electrons. The van der Waals surface area contributed by atoms with Crippen molar-refractivity contribution in [1.29, 1.82) is 0 Å². The zero-order valence-corrected chi connectivity index (χ0v) is 28.8. The summed E-state index contributed by atoms with van der Waals surface area (Å²) in [6.07, 6.45) is 0. The Morgan fingerprint density at radius 2 is 1.03 bits per heavy atom. The minimum absolute atomic E-state index is 0. The molecule has 0 aliphatic heterocycles. The molecule has 1 N–H and O–H groups in total. The van der Waals surface area contributed by atoms with Crippen molar-refractivity contribution in [2.45, 2.75) is 6.61 Å². The standard InChI is InChI=1S/C11H10O.4Na.2H4O5P2/c12-8-10-6-3-5-9-4-1-2-7-11(9)10;;;;;2*1-6(2)5-7(3)4/h1-7,12H,8H2;;;;;2*6-7H,(H,1,2)(H,3,4)/q;4*+1;;/p-4. The van der Waals surface area contributed by atoms with Crippen molar-refractivity contribution >= 4 is 43.8 Å². The maximum atomic E-state index is 9.29. The third-order valence-electron chi connectivity index (χ3n) is 2.38. The van der Waals surface area contributed by atoms with Crippen LogP contribution in [0.1, 0.15) is 5.56 Å². The van der Waals surface area contributed by atoms with Crippen LogP contribution in [0, 0.1) is 0 Å². The quantitative estimate of drug-likeness (QED) is 0.280. The van der Waals surface area contributed by atoms with E-state index in [9.17, 15) is 37.8 Å². The summed E-state index contributed by atoms with van der Waals surface area (Å²) in [4.78, 5) is 37.1. The Kier molecular flexibility index (Phi) is 39.0. The predicted molar refractivity (Wildman–Crippen MR) is 88.0 cm³/mol. The average molecular weight is 538 g/mol. The smallest absolute Gasteiger partial charge is 0.781 e. The van der Waals surface area contributed by atoms with Gasteiger partial charge in [0.1, 0.15) is 33.0 Å². The molecular weight excluding hydrogens is 524 g/mol. The van der Waals surface area contributed by atoms with Crippen LogP contribution < -0.4 is 138 Å². The predicted octanol–water partition coefficient (Wildman–Crippen LogP) is -12.6. The number of hydrogen-bond donors (Lipinski definition) is 1. The largest absolute Gasteiger partial charge is 1.00 e. The minimum atomic E-state index is -3.51. The van der Waals surface area contributed by atoms with Gasteiger partial charge < -0.3 is 42.9 Å². The van der Waals surface area contributed by atoms with Gasteiger partial charge in [-0.1, -0.05) is 42.5 Å². The summed E-state index contributed by atoms with van der Waals surface area (Å²) < 4.78 is 43.6. The molecule has 2 aromatic rings. The van der Waals surface area contributed by atoms with E-state index in [1.807, 2.05) is 30.3 Å². The normalized spacial score (nSPS) is 12.8. The molecule has 0 aliphatic rings. The maximum absolute atomic E-state index is 9.29. The topological polar surface area (TPSA) is 199 Å². The molecule has 0 aromatic heterocycles. The number of rotatable bonds is 5. The summed E-state index contributed by atoms with van der Waals surface area (Å²) in [5.41, 5.74) is 0.994. The van der Waals surface area contributed by atoms with Crippen molar-refractivity contribution in [3.05, 3.63) is 48.0 Å². The first-order chi connectivity index (χ1) is 12.2. The number of aliphatic hydroxyl groups excluding tert-OH is 1. The molecular formula is C11H14Na4O11P4. The number of aliphatic hydroxyl groups is 1. The second-order valence-electron chi connectivity index (χ2n) is 4.00. The van der Waals surface area contributed by atoms with Gasteiger partial charge in [-0.05, 0) is 16.3 Å². The second kappa shape index (κ2) is 26.9. The fourth-order valence-electron chi connectivity index (χ4n) is 1.57. The molecule has 0 saturated carbocycles. The third-order valence-corrected chi connectivity index (χ3v) is 5.05. The van der Waals surface area contributed by atoms with E-state index in [-0.39, 0.29) is 125 Å². The third kappa shape index (κ3) is 24.5. The summed E-state index contributed by atoms with van der Waals surface area (Å²) in [7, 11) is -14.1. The van der Waals surface area contributed by atoms with Gasteiger partial charge in [0.05, 0.1) is 6.61 Å². The van der Waals surface area contributed by atoms with Gasteiger partial charge in [-0.2, -0.15) is 0 Å². The fraction of sp³-hybridized carbons (Fsp3) is 0.0909. The summed E-state index contributed by atoms with van der Waals surface area (Å²) in [6, 6.07) is 14.0. The molecule has 2 aromatic carbocycles. The summed E-state index contributed by atoms with van der Waals surface area (Å²) >= 11 is 0. The Morgan fingerprint density at radius 3 is 1.37 bits per heavy atom. The van der Waals surface area contributed by atoms with E-state index >= 15 is 0 Å². The van der Waals surface area contributed by atoms with E-state index < -0.39 is 33.0 Å². The van der Waals surface area contributed by atoms with Crippen LogP contribution in [0.25, 0.3) is 10.8 Å². The van der Waals surface area contributed by atoms with Gasteiger partial charge in [0.25, 0.3) is 0 Å². The van der Waals surface area contributed by atoms with Crippen molar-refractivity contribution in [3.63, 3.8) is 0 Å². The van der Waals surface area contributed by atoms with Crippen molar-refractivity contribution in [1.82, 2.24) is 0 Å². The fourth-order valence-corrected chi connectivity index (χ4v) is 2.66. The molecule has 30 heavy (non-hydrogen) atoms. The molecule has 11 nitrogen and oxygen atoms in total. The SMILES string of the molecule is O=[PH]([O-])O[PH](=O)[O-].O=[PH]([O-])O[PH](=O)[O-].OCc1cccc2ccccc12.[Na+].[Na+].[Na+].[Na+]. The van der Waals surface area contributed by atoms with Crippen LogP contribution in [-0.4, -0.2) is 5.11 Å². The Balaban J connectivity index is -0.000000104. The molecule has 148 valence electrons. The van der Waals surface area contributed by atoms with Gasteiger partial charge in [0.15, 0.2) is 0 Å². The molecule has 0 spiro atoms. The molecule has 4 unspecified atom stereocenters. The Hall–Kier alpha value is 3.34. The molecule has 0 fully saturated rings. The van der Waals surface area contributed by atoms with Crippen LogP contribution >= 0.6 is 33.0 Å². The summed E-state index contributed by atoms with van der Waals surface area (Å²) in [6.45, 7) is 0.112. The molecule has 0 saturated heterocycles. The van der Waals surface area contributed by atoms with Crippen molar-refractivity contribution in [3.8, 4) is 0 Å². The monoisotopic (exact) mass is 538 g/mol. The van der Waals surface area contributed by atoms with Crippen LogP contribution in [0.5, 0.6) is 0 Å². The summed E-state index contributed by atoms with van der Waals surface area (Å²) in [5.74, 6) is 0. The molecule has 0 aliphatic carbocycles. The number of benzene rings is 2. The maximum Gasteiger partial charge on any atom is 1.00 e. The first-order valence-corrected chi connectivity index (χ1v) is 11.3. The molecule has 0 heterocycles. The summed E-state index contributed by atoms with van der Waals surface area (Å²) in [5, 5.41) is 11.4. The molecule has 0 amide bonds. The van der Waals surface area contributed by atoms with Crippen LogP contribution in [-0.2, 0) is 33.5 Å². The Bertz CT molecular complexity index is 743. The first-order valence-electron chi connectivity index (χ1n) is 6.44. The van der Waals surface area contributed by atoms with Gasteiger partial charge in [-0.15, -0.1) is 0 Å². The Morgan fingerprint density at radius 1 is 0.667 bits per heavy atom. The van der Waals surface area contributed by atoms with Crippen LogP contribution in [0.3, 0.4) is 0 Å². The van der Waals surface area contributed by atoms with E-state index in [0.29, 0.717) is 0 Å². The van der Waals surface area contributed by atoms with Crippen molar-refractivity contribution in [2.24, 2.45) is 0 Å². The Labute approximate surface area is 264 Å². The van der Waals surface area contributed by atoms with Crippen LogP contribution in [0.15, 0.2) is 42.5 Å². The molecule has 2 rings (SSSR count).